The minimum absolute atomic E-state index is 0.197. The van der Waals surface area contributed by atoms with E-state index in [1.807, 2.05) is 68.6 Å². The number of aryl methyl sites for hydroxylation is 1. The van der Waals surface area contributed by atoms with Crippen molar-refractivity contribution in [2.75, 3.05) is 0 Å². The first-order valence-electron chi connectivity index (χ1n) is 13.6. The average molecular weight is 568 g/mol. The van der Waals surface area contributed by atoms with Crippen LogP contribution in [0.2, 0.25) is 5.02 Å². The molecular weight excluding hydrogens is 538 g/mol. The van der Waals surface area contributed by atoms with Gasteiger partial charge in [0.05, 0.1) is 6.04 Å². The lowest BCUT2D eigenvalue weighted by atomic mass is 9.93. The summed E-state index contributed by atoms with van der Waals surface area (Å²) in [5.41, 5.74) is 9.69. The van der Waals surface area contributed by atoms with Crippen molar-refractivity contribution in [3.8, 4) is 0 Å². The van der Waals surface area contributed by atoms with Crippen molar-refractivity contribution in [3.63, 3.8) is 0 Å². The Hall–Kier alpha value is -4.56. The number of amides is 3. The zero-order valence-corrected chi connectivity index (χ0v) is 23.7. The topological polar surface area (TPSA) is 99.2 Å². The maximum Gasteiger partial charge on any atom is 0.286 e. The van der Waals surface area contributed by atoms with E-state index in [1.54, 1.807) is 40.8 Å². The molecule has 3 unspecified atom stereocenters. The Bertz CT molecular complexity index is 1820. The van der Waals surface area contributed by atoms with E-state index in [9.17, 15) is 14.4 Å². The first kappa shape index (κ1) is 26.7. The lowest BCUT2D eigenvalue weighted by Crippen LogP contribution is -2.55. The van der Waals surface area contributed by atoms with Crippen LogP contribution < -0.4 is 10.9 Å². The molecule has 0 radical (unpaired) electrons. The van der Waals surface area contributed by atoms with Crippen LogP contribution in [0.4, 0.5) is 0 Å². The van der Waals surface area contributed by atoms with Gasteiger partial charge >= 0.3 is 0 Å². The molecule has 6 rings (SSSR count). The predicted molar refractivity (Wildman–Crippen MR) is 160 cm³/mol. The number of hydrazine groups is 1. The minimum atomic E-state index is -0.842. The number of carbonyl (C=O) groups excluding carboxylic acids is 3. The van der Waals surface area contributed by atoms with E-state index in [0.29, 0.717) is 22.7 Å². The molecule has 5 aromatic rings. The van der Waals surface area contributed by atoms with Gasteiger partial charge < -0.3 is 14.5 Å². The fourth-order valence-electron chi connectivity index (χ4n) is 5.94. The summed E-state index contributed by atoms with van der Waals surface area (Å²) in [6.07, 6.45) is 2.56. The third-order valence-corrected chi connectivity index (χ3v) is 8.44. The summed E-state index contributed by atoms with van der Waals surface area (Å²) < 4.78 is 1.74. The number of fused-ring (bicyclic) bond motifs is 3. The van der Waals surface area contributed by atoms with Crippen LogP contribution in [0.1, 0.15) is 58.3 Å². The number of carbonyl (C=O) groups is 3. The van der Waals surface area contributed by atoms with Gasteiger partial charge in [0.2, 0.25) is 0 Å². The standard InChI is InChI=1S/C32H30ClN5O3/c1-4-18(2)28(31(40)36-35-30(39)27-16-19-15-20(33)13-14-26(19)37(27)3)38-29(22-10-5-6-11-23(22)32(38)41)24-17-34-25-12-8-7-9-21(24)25/h5-18,28-29,34H,4H2,1-3H3,(H,35,39)(H,36,40). The highest BCUT2D eigenvalue weighted by atomic mass is 35.5. The Labute approximate surface area is 242 Å². The molecule has 41 heavy (non-hydrogen) atoms. The maximum atomic E-state index is 14.0. The van der Waals surface area contributed by atoms with Gasteiger partial charge in [-0.05, 0) is 47.9 Å². The van der Waals surface area contributed by atoms with Crippen LogP contribution >= 0.6 is 11.6 Å². The quantitative estimate of drug-likeness (QED) is 0.228. The first-order valence-corrected chi connectivity index (χ1v) is 14.0. The van der Waals surface area contributed by atoms with Gasteiger partial charge in [-0.25, -0.2) is 0 Å². The molecule has 3 heterocycles. The fraction of sp³-hybridized carbons (Fsp3) is 0.219. The predicted octanol–water partition coefficient (Wildman–Crippen LogP) is 5.73. The number of aromatic nitrogens is 2. The van der Waals surface area contributed by atoms with Crippen molar-refractivity contribution < 1.29 is 14.4 Å². The minimum Gasteiger partial charge on any atom is -0.361 e. The van der Waals surface area contributed by atoms with Crippen LogP contribution in [-0.4, -0.2) is 38.2 Å². The van der Waals surface area contributed by atoms with E-state index in [2.05, 4.69) is 15.8 Å². The van der Waals surface area contributed by atoms with Crippen molar-refractivity contribution >= 4 is 51.1 Å². The summed E-state index contributed by atoms with van der Waals surface area (Å²) in [5, 5.41) is 2.37. The van der Waals surface area contributed by atoms with Crippen LogP contribution in [0.3, 0.4) is 0 Å². The van der Waals surface area contributed by atoms with Crippen LogP contribution in [0.25, 0.3) is 21.8 Å². The second kappa shape index (κ2) is 10.4. The van der Waals surface area contributed by atoms with Gasteiger partial charge in [0.15, 0.2) is 0 Å². The molecular formula is C32H30ClN5O3. The Balaban J connectivity index is 1.33. The van der Waals surface area contributed by atoms with Gasteiger partial charge in [-0.3, -0.25) is 25.2 Å². The van der Waals surface area contributed by atoms with Crippen molar-refractivity contribution in [2.45, 2.75) is 32.4 Å². The smallest absolute Gasteiger partial charge is 0.286 e. The molecule has 1 aliphatic rings. The number of aromatic amines is 1. The molecule has 0 saturated heterocycles. The second-order valence-electron chi connectivity index (χ2n) is 10.6. The molecule has 3 atom stereocenters. The number of nitrogens with one attached hydrogen (secondary N) is 3. The number of benzene rings is 3. The van der Waals surface area contributed by atoms with Crippen LogP contribution in [0, 0.1) is 5.92 Å². The molecule has 0 aliphatic carbocycles. The molecule has 3 amide bonds. The maximum absolute atomic E-state index is 14.0. The zero-order valence-electron chi connectivity index (χ0n) is 22.9. The molecule has 2 aromatic heterocycles. The van der Waals surface area contributed by atoms with Crippen LogP contribution in [-0.2, 0) is 11.8 Å². The number of rotatable bonds is 6. The Morgan fingerprint density at radius 1 is 1.00 bits per heavy atom. The monoisotopic (exact) mass is 567 g/mol. The fourth-order valence-corrected chi connectivity index (χ4v) is 6.12. The molecule has 0 fully saturated rings. The number of nitrogens with zero attached hydrogens (tertiary/aromatic N) is 2. The third-order valence-electron chi connectivity index (χ3n) is 8.20. The highest BCUT2D eigenvalue weighted by Gasteiger charge is 2.46. The Morgan fingerprint density at radius 3 is 2.56 bits per heavy atom. The van der Waals surface area contributed by atoms with Crippen LogP contribution in [0.15, 0.2) is 79.0 Å². The van der Waals surface area contributed by atoms with E-state index in [-0.39, 0.29) is 11.8 Å². The zero-order chi connectivity index (χ0) is 28.8. The number of halogens is 1. The molecule has 0 bridgehead atoms. The Kier molecular flexibility index (Phi) is 6.79. The highest BCUT2D eigenvalue weighted by molar-refractivity contribution is 6.31. The van der Waals surface area contributed by atoms with Crippen molar-refractivity contribution in [1.82, 2.24) is 25.3 Å². The van der Waals surface area contributed by atoms with Gasteiger partial charge in [0.25, 0.3) is 17.7 Å². The van der Waals surface area contributed by atoms with Gasteiger partial charge in [-0.15, -0.1) is 0 Å². The molecule has 0 saturated carbocycles. The summed E-state index contributed by atoms with van der Waals surface area (Å²) in [6.45, 7) is 3.93. The summed E-state index contributed by atoms with van der Waals surface area (Å²) >= 11 is 6.13. The molecule has 8 nitrogen and oxygen atoms in total. The van der Waals surface area contributed by atoms with Crippen molar-refractivity contribution in [3.05, 3.63) is 106 Å². The molecule has 208 valence electrons. The second-order valence-corrected chi connectivity index (χ2v) is 11.0. The van der Waals surface area contributed by atoms with E-state index < -0.39 is 23.9 Å². The third kappa shape index (κ3) is 4.44. The summed E-state index contributed by atoms with van der Waals surface area (Å²) in [6, 6.07) is 21.2. The number of para-hydroxylation sites is 1. The van der Waals surface area contributed by atoms with E-state index in [1.165, 1.54) is 0 Å². The lowest BCUT2D eigenvalue weighted by molar-refractivity contribution is -0.128. The van der Waals surface area contributed by atoms with E-state index in [0.717, 1.165) is 32.9 Å². The molecule has 9 heteroatoms. The van der Waals surface area contributed by atoms with Gasteiger partial charge in [0, 0.05) is 51.2 Å². The molecule has 3 N–H and O–H groups in total. The molecule has 0 spiro atoms. The molecule has 3 aromatic carbocycles. The average Bonchev–Trinajstić information content (AvgIpc) is 3.63. The highest BCUT2D eigenvalue weighted by Crippen LogP contribution is 2.43. The normalized spacial score (nSPS) is 16.1. The SMILES string of the molecule is CCC(C)C(C(=O)NNC(=O)c1cc2cc(Cl)ccc2n1C)N1C(=O)c2ccccc2C1c1c[nH]c2ccccc12. The van der Waals surface area contributed by atoms with Gasteiger partial charge in [-0.2, -0.15) is 0 Å². The lowest BCUT2D eigenvalue weighted by Gasteiger charge is -2.36. The van der Waals surface area contributed by atoms with Crippen LogP contribution in [0.5, 0.6) is 0 Å². The number of hydrogen-bond donors (Lipinski definition) is 3. The summed E-state index contributed by atoms with van der Waals surface area (Å²) in [4.78, 5) is 46.0. The largest absolute Gasteiger partial charge is 0.361 e. The van der Waals surface area contributed by atoms with Gasteiger partial charge in [-0.1, -0.05) is 68.3 Å². The Morgan fingerprint density at radius 2 is 1.76 bits per heavy atom. The first-order chi connectivity index (χ1) is 19.8. The number of hydrogen-bond acceptors (Lipinski definition) is 3. The summed E-state index contributed by atoms with van der Waals surface area (Å²) in [7, 11) is 1.78. The van der Waals surface area contributed by atoms with Gasteiger partial charge in [0.1, 0.15) is 11.7 Å². The number of H-pyrrole nitrogens is 1. The summed E-state index contributed by atoms with van der Waals surface area (Å²) in [5.74, 6) is -1.34. The van der Waals surface area contributed by atoms with E-state index >= 15 is 0 Å². The van der Waals surface area contributed by atoms with Crippen molar-refractivity contribution in [2.24, 2.45) is 13.0 Å². The van der Waals surface area contributed by atoms with E-state index in [4.69, 9.17) is 11.6 Å². The van der Waals surface area contributed by atoms with Crippen molar-refractivity contribution in [1.29, 1.82) is 0 Å². The molecule has 1 aliphatic heterocycles.